The van der Waals surface area contributed by atoms with Crippen molar-refractivity contribution < 1.29 is 14.7 Å². The molecule has 1 aliphatic rings. The minimum atomic E-state index is -0.892. The lowest BCUT2D eigenvalue weighted by molar-refractivity contribution is -0.117. The lowest BCUT2D eigenvalue weighted by Gasteiger charge is -2.23. The number of ketones is 1. The molecular weight excluding hydrogens is 574 g/mol. The van der Waals surface area contributed by atoms with E-state index in [0.717, 1.165) is 10.9 Å². The zero-order chi connectivity index (χ0) is 28.3. The monoisotopic (exact) mass is 595 g/mol. The standard InChI is InChI=1S/C32H22ClN3O3S2/c33-24-16-14-22(15-17-24)28-27(26(37)18-13-20-7-2-1-3-8-20)29(38)30(39)36(28)31-34-35-32(41-31)40-19-23-11-6-10-21-9-4-5-12-25(21)23/h1-18,28,38H,19H2/b18-13+. The van der Waals surface area contributed by atoms with E-state index in [2.05, 4.69) is 34.5 Å². The number of aromatic nitrogens is 2. The van der Waals surface area contributed by atoms with Crippen LogP contribution in [-0.2, 0) is 15.3 Å². The molecule has 6 rings (SSSR count). The van der Waals surface area contributed by atoms with E-state index in [-0.39, 0.29) is 10.7 Å². The average Bonchev–Trinajstić information content (AvgIpc) is 3.57. The highest BCUT2D eigenvalue weighted by atomic mass is 35.5. The van der Waals surface area contributed by atoms with Gasteiger partial charge in [-0.25, -0.2) is 0 Å². The Kier molecular flexibility index (Phi) is 7.69. The number of carbonyl (C=O) groups is 2. The molecule has 1 unspecified atom stereocenters. The predicted molar refractivity (Wildman–Crippen MR) is 165 cm³/mol. The SMILES string of the molecule is O=C(/C=C/c1ccccc1)C1=C(O)C(=O)N(c2nnc(SCc3cccc4ccccc34)s2)C1c1ccc(Cl)cc1. The lowest BCUT2D eigenvalue weighted by atomic mass is 9.96. The van der Waals surface area contributed by atoms with E-state index in [9.17, 15) is 14.7 Å². The van der Waals surface area contributed by atoms with Crippen LogP contribution in [0, 0.1) is 0 Å². The summed E-state index contributed by atoms with van der Waals surface area (Å²) in [5.41, 5.74) is 2.58. The largest absolute Gasteiger partial charge is 0.503 e. The molecule has 2 heterocycles. The van der Waals surface area contributed by atoms with Crippen LogP contribution in [0.15, 0.2) is 119 Å². The van der Waals surface area contributed by atoms with Gasteiger partial charge in [0.1, 0.15) is 0 Å². The molecule has 41 heavy (non-hydrogen) atoms. The van der Waals surface area contributed by atoms with Gasteiger partial charge in [-0.15, -0.1) is 10.2 Å². The number of allylic oxidation sites excluding steroid dienone is 1. The van der Waals surface area contributed by atoms with E-state index in [1.165, 1.54) is 45.0 Å². The zero-order valence-corrected chi connectivity index (χ0v) is 23.9. The van der Waals surface area contributed by atoms with Gasteiger partial charge in [-0.2, -0.15) is 0 Å². The summed E-state index contributed by atoms with van der Waals surface area (Å²) in [5.74, 6) is -1.12. The Morgan fingerprint density at radius 1 is 0.951 bits per heavy atom. The fourth-order valence-corrected chi connectivity index (χ4v) is 6.75. The van der Waals surface area contributed by atoms with E-state index < -0.39 is 23.5 Å². The number of thioether (sulfide) groups is 1. The first-order valence-corrected chi connectivity index (χ1v) is 14.9. The molecule has 0 spiro atoms. The summed E-state index contributed by atoms with van der Waals surface area (Å²) in [4.78, 5) is 28.2. The van der Waals surface area contributed by atoms with Crippen LogP contribution in [0.25, 0.3) is 16.8 Å². The fraction of sp³-hybridized carbons (Fsp3) is 0.0625. The van der Waals surface area contributed by atoms with Gasteiger partial charge < -0.3 is 5.11 Å². The van der Waals surface area contributed by atoms with Crippen molar-refractivity contribution in [2.75, 3.05) is 4.90 Å². The first-order valence-electron chi connectivity index (χ1n) is 12.7. The van der Waals surface area contributed by atoms with Gasteiger partial charge in [0.05, 0.1) is 11.6 Å². The first kappa shape index (κ1) is 27.0. The number of fused-ring (bicyclic) bond motifs is 1. The van der Waals surface area contributed by atoms with Gasteiger partial charge in [0, 0.05) is 10.8 Å². The van der Waals surface area contributed by atoms with Crippen LogP contribution >= 0.6 is 34.7 Å². The second-order valence-electron chi connectivity index (χ2n) is 9.28. The molecule has 9 heteroatoms. The summed E-state index contributed by atoms with van der Waals surface area (Å²) in [7, 11) is 0. The van der Waals surface area contributed by atoms with Crippen molar-refractivity contribution in [3.05, 3.63) is 136 Å². The summed E-state index contributed by atoms with van der Waals surface area (Å²) in [6.07, 6.45) is 3.02. The molecule has 1 atom stereocenters. The molecule has 0 saturated heterocycles. The molecule has 1 amide bonds. The Balaban J connectivity index is 1.30. The van der Waals surface area contributed by atoms with Crippen molar-refractivity contribution >= 4 is 68.4 Å². The van der Waals surface area contributed by atoms with Crippen LogP contribution in [-0.4, -0.2) is 27.0 Å². The van der Waals surface area contributed by atoms with Crippen molar-refractivity contribution in [3.8, 4) is 0 Å². The second kappa shape index (κ2) is 11.7. The molecule has 1 aromatic heterocycles. The minimum absolute atomic E-state index is 0.0235. The van der Waals surface area contributed by atoms with Crippen molar-refractivity contribution in [1.82, 2.24) is 10.2 Å². The molecule has 0 saturated carbocycles. The number of benzene rings is 4. The Morgan fingerprint density at radius 2 is 1.68 bits per heavy atom. The highest BCUT2D eigenvalue weighted by Gasteiger charge is 2.45. The summed E-state index contributed by atoms with van der Waals surface area (Å²) >= 11 is 8.88. The molecule has 6 nitrogen and oxygen atoms in total. The number of amides is 1. The molecule has 0 aliphatic carbocycles. The third-order valence-electron chi connectivity index (χ3n) is 6.72. The molecule has 0 bridgehead atoms. The number of nitrogens with zero attached hydrogens (tertiary/aromatic N) is 3. The van der Waals surface area contributed by atoms with Gasteiger partial charge in [-0.05, 0) is 45.7 Å². The van der Waals surface area contributed by atoms with Crippen LogP contribution in [0.4, 0.5) is 5.13 Å². The molecular formula is C32H22ClN3O3S2. The van der Waals surface area contributed by atoms with Crippen LogP contribution < -0.4 is 4.90 Å². The molecule has 202 valence electrons. The second-order valence-corrected chi connectivity index (χ2v) is 11.9. The van der Waals surface area contributed by atoms with Crippen molar-refractivity contribution in [2.45, 2.75) is 16.1 Å². The highest BCUT2D eigenvalue weighted by molar-refractivity contribution is 8.00. The number of carbonyl (C=O) groups excluding carboxylic acids is 2. The van der Waals surface area contributed by atoms with E-state index in [1.807, 2.05) is 48.5 Å². The third-order valence-corrected chi connectivity index (χ3v) is 9.08. The van der Waals surface area contributed by atoms with Crippen molar-refractivity contribution in [2.24, 2.45) is 0 Å². The number of hydrogen-bond donors (Lipinski definition) is 1. The number of anilines is 1. The summed E-state index contributed by atoms with van der Waals surface area (Å²) in [6.45, 7) is 0. The van der Waals surface area contributed by atoms with Crippen LogP contribution in [0.1, 0.15) is 22.7 Å². The normalized spacial score (nSPS) is 15.4. The van der Waals surface area contributed by atoms with Crippen molar-refractivity contribution in [3.63, 3.8) is 0 Å². The molecule has 4 aromatic carbocycles. The van der Waals surface area contributed by atoms with Gasteiger partial charge in [-0.1, -0.05) is 126 Å². The zero-order valence-electron chi connectivity index (χ0n) is 21.5. The predicted octanol–water partition coefficient (Wildman–Crippen LogP) is 7.82. The maximum atomic E-state index is 13.4. The van der Waals surface area contributed by atoms with Gasteiger partial charge in [0.25, 0.3) is 5.91 Å². The van der Waals surface area contributed by atoms with Crippen LogP contribution in [0.3, 0.4) is 0 Å². The fourth-order valence-electron chi connectivity index (χ4n) is 4.76. The molecule has 0 radical (unpaired) electrons. The molecule has 1 N–H and O–H groups in total. The average molecular weight is 596 g/mol. The van der Waals surface area contributed by atoms with Crippen molar-refractivity contribution in [1.29, 1.82) is 0 Å². The minimum Gasteiger partial charge on any atom is -0.503 e. The maximum absolute atomic E-state index is 13.4. The van der Waals surface area contributed by atoms with Gasteiger partial charge in [0.15, 0.2) is 15.9 Å². The number of aliphatic hydroxyl groups is 1. The quantitative estimate of drug-likeness (QED) is 0.112. The van der Waals surface area contributed by atoms with E-state index in [1.54, 1.807) is 30.3 Å². The van der Waals surface area contributed by atoms with Crippen LogP contribution in [0.5, 0.6) is 0 Å². The Morgan fingerprint density at radius 3 is 2.49 bits per heavy atom. The molecule has 1 aliphatic heterocycles. The van der Waals surface area contributed by atoms with E-state index in [0.29, 0.717) is 20.7 Å². The number of aliphatic hydroxyl groups excluding tert-OH is 1. The van der Waals surface area contributed by atoms with Gasteiger partial charge >= 0.3 is 0 Å². The smallest absolute Gasteiger partial charge is 0.296 e. The number of hydrogen-bond acceptors (Lipinski definition) is 7. The molecule has 5 aromatic rings. The Bertz CT molecular complexity index is 1810. The molecule has 0 fully saturated rings. The number of halogens is 1. The topological polar surface area (TPSA) is 83.4 Å². The first-order chi connectivity index (χ1) is 20.0. The summed E-state index contributed by atoms with van der Waals surface area (Å²) < 4.78 is 0.666. The van der Waals surface area contributed by atoms with Gasteiger partial charge in [0.2, 0.25) is 5.13 Å². The Hall–Kier alpha value is -4.24. The summed E-state index contributed by atoms with van der Waals surface area (Å²) in [6, 6.07) is 29.7. The Labute approximate surface area is 249 Å². The maximum Gasteiger partial charge on any atom is 0.296 e. The van der Waals surface area contributed by atoms with E-state index >= 15 is 0 Å². The highest BCUT2D eigenvalue weighted by Crippen LogP contribution is 2.43. The third kappa shape index (κ3) is 5.54. The van der Waals surface area contributed by atoms with Gasteiger partial charge in [-0.3, -0.25) is 14.5 Å². The lowest BCUT2D eigenvalue weighted by Crippen LogP contribution is -2.30. The summed E-state index contributed by atoms with van der Waals surface area (Å²) in [5, 5.41) is 22.7. The van der Waals surface area contributed by atoms with E-state index in [4.69, 9.17) is 11.6 Å². The number of rotatable bonds is 8. The van der Waals surface area contributed by atoms with Crippen LogP contribution in [0.2, 0.25) is 5.02 Å².